The second-order valence-corrected chi connectivity index (χ2v) is 4.21. The number of carboxylic acids is 1. The highest BCUT2D eigenvalue weighted by molar-refractivity contribution is 5.89. The molecule has 16 heavy (non-hydrogen) atoms. The number of Topliss-reactive ketones (excluding diaryl/α,β-unsaturated/α-hetero) is 1. The molecule has 1 heterocycles. The van der Waals surface area contributed by atoms with E-state index in [0.29, 0.717) is 11.4 Å². The maximum absolute atomic E-state index is 11.6. The Hall–Kier alpha value is -1.71. The molecule has 0 radical (unpaired) electrons. The molecule has 1 N–H and O–H groups in total. The third-order valence-electron chi connectivity index (χ3n) is 2.64. The summed E-state index contributed by atoms with van der Waals surface area (Å²) in [5.74, 6) is -0.615. The van der Waals surface area contributed by atoms with Gasteiger partial charge in [0.1, 0.15) is 5.78 Å². The first-order valence-corrected chi connectivity index (χ1v) is 5.30. The van der Waals surface area contributed by atoms with Crippen LogP contribution in [0.5, 0.6) is 0 Å². The summed E-state index contributed by atoms with van der Waals surface area (Å²) in [6.45, 7) is 1.73. The van der Waals surface area contributed by atoms with Gasteiger partial charge < -0.3 is 5.11 Å². The second kappa shape index (κ2) is 4.04. The third kappa shape index (κ3) is 2.45. The normalized spacial score (nSPS) is 14.8. The Balaban J connectivity index is 2.19. The third-order valence-corrected chi connectivity index (χ3v) is 2.64. The number of rotatable bonds is 4. The molecule has 2 rings (SSSR count). The average molecular weight is 219 g/mol. The Morgan fingerprint density at radius 1 is 1.44 bits per heavy atom. The van der Waals surface area contributed by atoms with Crippen molar-refractivity contribution in [1.82, 2.24) is 4.98 Å². The number of hydrogen-bond acceptors (Lipinski definition) is 3. The van der Waals surface area contributed by atoms with E-state index in [2.05, 4.69) is 4.98 Å². The van der Waals surface area contributed by atoms with Crippen LogP contribution in [0.4, 0.5) is 0 Å². The van der Waals surface area contributed by atoms with Gasteiger partial charge in [-0.05, 0) is 31.9 Å². The lowest BCUT2D eigenvalue weighted by atomic mass is 10.1. The van der Waals surface area contributed by atoms with E-state index in [4.69, 9.17) is 5.11 Å². The molecule has 0 spiro atoms. The minimum Gasteiger partial charge on any atom is -0.478 e. The van der Waals surface area contributed by atoms with Crippen LogP contribution in [0.2, 0.25) is 0 Å². The molecule has 4 heteroatoms. The lowest BCUT2D eigenvalue weighted by Crippen LogP contribution is -2.08. The molecule has 4 nitrogen and oxygen atoms in total. The predicted octanol–water partition coefficient (Wildman–Crippen LogP) is 1.61. The fourth-order valence-corrected chi connectivity index (χ4v) is 1.68. The molecule has 0 saturated heterocycles. The van der Waals surface area contributed by atoms with Gasteiger partial charge in [-0.3, -0.25) is 9.78 Å². The number of carboxylic acid groups (broad SMARTS) is 1. The Morgan fingerprint density at radius 3 is 2.69 bits per heavy atom. The zero-order valence-corrected chi connectivity index (χ0v) is 9.06. The number of carbonyl (C=O) groups excluding carboxylic acids is 1. The summed E-state index contributed by atoms with van der Waals surface area (Å²) in [5.41, 5.74) is 1.40. The predicted molar refractivity (Wildman–Crippen MR) is 57.4 cm³/mol. The highest BCUT2D eigenvalue weighted by Gasteiger charge is 2.29. The maximum atomic E-state index is 11.6. The molecule has 0 amide bonds. The monoisotopic (exact) mass is 219 g/mol. The minimum absolute atomic E-state index is 0.175. The van der Waals surface area contributed by atoms with E-state index in [0.717, 1.165) is 12.8 Å². The number of hydrogen-bond donors (Lipinski definition) is 1. The number of carbonyl (C=O) groups is 2. The number of pyridine rings is 1. The van der Waals surface area contributed by atoms with Crippen molar-refractivity contribution in [3.8, 4) is 0 Å². The van der Waals surface area contributed by atoms with E-state index in [-0.39, 0.29) is 23.7 Å². The Labute approximate surface area is 93.3 Å². The van der Waals surface area contributed by atoms with Crippen LogP contribution in [0.15, 0.2) is 12.1 Å². The van der Waals surface area contributed by atoms with Crippen LogP contribution in [0, 0.1) is 12.8 Å². The summed E-state index contributed by atoms with van der Waals surface area (Å²) in [4.78, 5) is 26.6. The van der Waals surface area contributed by atoms with Crippen LogP contribution >= 0.6 is 0 Å². The summed E-state index contributed by atoms with van der Waals surface area (Å²) in [6.07, 6.45) is 2.19. The van der Waals surface area contributed by atoms with Gasteiger partial charge in [0.2, 0.25) is 0 Å². The summed E-state index contributed by atoms with van der Waals surface area (Å²) in [5, 5.41) is 8.88. The van der Waals surface area contributed by atoms with Gasteiger partial charge in [0.15, 0.2) is 0 Å². The summed E-state index contributed by atoms with van der Waals surface area (Å²) in [6, 6.07) is 2.99. The highest BCUT2D eigenvalue weighted by atomic mass is 16.4. The van der Waals surface area contributed by atoms with E-state index in [1.165, 1.54) is 12.1 Å². The second-order valence-electron chi connectivity index (χ2n) is 4.21. The molecule has 84 valence electrons. The number of aryl methyl sites for hydroxylation is 1. The van der Waals surface area contributed by atoms with Gasteiger partial charge in [0.25, 0.3) is 0 Å². The fraction of sp³-hybridized carbons (Fsp3) is 0.417. The van der Waals surface area contributed by atoms with Crippen LogP contribution in [-0.2, 0) is 11.2 Å². The van der Waals surface area contributed by atoms with Gasteiger partial charge in [0, 0.05) is 23.7 Å². The van der Waals surface area contributed by atoms with E-state index in [9.17, 15) is 9.59 Å². The van der Waals surface area contributed by atoms with Crippen molar-refractivity contribution in [2.24, 2.45) is 5.92 Å². The molecule has 1 aliphatic carbocycles. The molecule has 0 aliphatic heterocycles. The lowest BCUT2D eigenvalue weighted by Gasteiger charge is -2.03. The van der Waals surface area contributed by atoms with Crippen LogP contribution in [0.1, 0.15) is 34.6 Å². The molecule has 1 aromatic heterocycles. The smallest absolute Gasteiger partial charge is 0.335 e. The Morgan fingerprint density at radius 2 is 2.12 bits per heavy atom. The van der Waals surface area contributed by atoms with E-state index in [1.54, 1.807) is 6.92 Å². The highest BCUT2D eigenvalue weighted by Crippen LogP contribution is 2.30. The molecule has 1 fully saturated rings. The van der Waals surface area contributed by atoms with Crippen molar-refractivity contribution in [2.45, 2.75) is 26.2 Å². The van der Waals surface area contributed by atoms with Gasteiger partial charge in [-0.2, -0.15) is 0 Å². The SMILES string of the molecule is Cc1cc(C(=O)O)cc(CC(=O)C2CC2)n1. The minimum atomic E-state index is -0.981. The zero-order chi connectivity index (χ0) is 11.7. The first kappa shape index (κ1) is 10.8. The maximum Gasteiger partial charge on any atom is 0.335 e. The molecule has 1 aromatic rings. The van der Waals surface area contributed by atoms with E-state index >= 15 is 0 Å². The molecule has 0 aromatic carbocycles. The molecule has 1 saturated carbocycles. The first-order valence-electron chi connectivity index (χ1n) is 5.30. The van der Waals surface area contributed by atoms with Gasteiger partial charge in [-0.15, -0.1) is 0 Å². The summed E-state index contributed by atoms with van der Waals surface area (Å²) < 4.78 is 0. The van der Waals surface area contributed by atoms with Gasteiger partial charge >= 0.3 is 5.97 Å². The average Bonchev–Trinajstić information content (AvgIpc) is 2.99. The number of ketones is 1. The standard InChI is InChI=1S/C12H13NO3/c1-7-4-9(12(15)16)5-10(13-7)6-11(14)8-2-3-8/h4-5,8H,2-3,6H2,1H3,(H,15,16). The fourth-order valence-electron chi connectivity index (χ4n) is 1.68. The first-order chi connectivity index (χ1) is 7.56. The quantitative estimate of drug-likeness (QED) is 0.835. The topological polar surface area (TPSA) is 67.3 Å². The van der Waals surface area contributed by atoms with E-state index in [1.807, 2.05) is 0 Å². The van der Waals surface area contributed by atoms with Crippen LogP contribution < -0.4 is 0 Å². The van der Waals surface area contributed by atoms with Crippen molar-refractivity contribution in [1.29, 1.82) is 0 Å². The van der Waals surface area contributed by atoms with Crippen LogP contribution in [0.25, 0.3) is 0 Å². The van der Waals surface area contributed by atoms with Crippen LogP contribution in [-0.4, -0.2) is 21.8 Å². The molecule has 0 bridgehead atoms. The van der Waals surface area contributed by atoms with Crippen molar-refractivity contribution in [3.63, 3.8) is 0 Å². The van der Waals surface area contributed by atoms with Gasteiger partial charge in [-0.25, -0.2) is 4.79 Å². The molecule has 1 aliphatic rings. The summed E-state index contributed by atoms with van der Waals surface area (Å²) >= 11 is 0. The van der Waals surface area contributed by atoms with Crippen LogP contribution in [0.3, 0.4) is 0 Å². The van der Waals surface area contributed by atoms with Gasteiger partial charge in [-0.1, -0.05) is 0 Å². The number of nitrogens with zero attached hydrogens (tertiary/aromatic N) is 1. The molecular formula is C12H13NO3. The largest absolute Gasteiger partial charge is 0.478 e. The number of aromatic nitrogens is 1. The van der Waals surface area contributed by atoms with Gasteiger partial charge in [0.05, 0.1) is 5.56 Å². The Bertz CT molecular complexity index is 450. The summed E-state index contributed by atoms with van der Waals surface area (Å²) in [7, 11) is 0. The lowest BCUT2D eigenvalue weighted by molar-refractivity contribution is -0.119. The zero-order valence-electron chi connectivity index (χ0n) is 9.06. The molecular weight excluding hydrogens is 206 g/mol. The van der Waals surface area contributed by atoms with Crippen molar-refractivity contribution in [2.75, 3.05) is 0 Å². The van der Waals surface area contributed by atoms with Crippen molar-refractivity contribution < 1.29 is 14.7 Å². The van der Waals surface area contributed by atoms with Crippen molar-refractivity contribution in [3.05, 3.63) is 29.1 Å². The molecule has 0 atom stereocenters. The molecule has 0 unspecified atom stereocenters. The van der Waals surface area contributed by atoms with E-state index < -0.39 is 5.97 Å². The van der Waals surface area contributed by atoms with Crippen molar-refractivity contribution >= 4 is 11.8 Å². The Kier molecular flexibility index (Phi) is 2.73. The number of aromatic carboxylic acids is 1.